The van der Waals surface area contributed by atoms with Crippen molar-refractivity contribution < 1.29 is 0 Å². The smallest absolute Gasteiger partial charge is 0.269 e. The standard InChI is InChI=1S/C18H13N3O/c1-10-3-4-15-12(5-10)7-13-9-21-16(17(13)20-15)6-11(2)14(8-19)18(21)22/h3-7H,9H2,1-2H3. The number of aromatic nitrogens is 2. The molecule has 0 spiro atoms. The molecule has 0 N–H and O–H groups in total. The fraction of sp³-hybridized carbons (Fsp3) is 0.167. The SMILES string of the molecule is Cc1ccc2nc3c(cc2c1)Cn1c-3cc(C)c(C#N)c1=O. The van der Waals surface area contributed by atoms with E-state index in [1.165, 1.54) is 5.56 Å². The van der Waals surface area contributed by atoms with Gasteiger partial charge in [0.15, 0.2) is 0 Å². The van der Waals surface area contributed by atoms with Gasteiger partial charge in [-0.15, -0.1) is 0 Å². The van der Waals surface area contributed by atoms with Gasteiger partial charge >= 0.3 is 0 Å². The largest absolute Gasteiger partial charge is 0.301 e. The number of rotatable bonds is 0. The van der Waals surface area contributed by atoms with Gasteiger partial charge in [0.1, 0.15) is 11.6 Å². The van der Waals surface area contributed by atoms with E-state index in [9.17, 15) is 4.79 Å². The van der Waals surface area contributed by atoms with E-state index in [4.69, 9.17) is 10.2 Å². The third kappa shape index (κ3) is 1.63. The molecule has 4 nitrogen and oxygen atoms in total. The number of benzene rings is 1. The van der Waals surface area contributed by atoms with Gasteiger partial charge in [0.05, 0.1) is 23.4 Å². The van der Waals surface area contributed by atoms with E-state index in [2.05, 4.69) is 19.1 Å². The summed E-state index contributed by atoms with van der Waals surface area (Å²) >= 11 is 0. The van der Waals surface area contributed by atoms with E-state index >= 15 is 0 Å². The van der Waals surface area contributed by atoms with Crippen LogP contribution in [0.2, 0.25) is 0 Å². The van der Waals surface area contributed by atoms with Crippen molar-refractivity contribution >= 4 is 10.9 Å². The molecule has 0 radical (unpaired) electrons. The normalized spacial score (nSPS) is 12.0. The minimum absolute atomic E-state index is 0.219. The van der Waals surface area contributed by atoms with E-state index < -0.39 is 0 Å². The zero-order chi connectivity index (χ0) is 15.4. The topological polar surface area (TPSA) is 58.7 Å². The highest BCUT2D eigenvalue weighted by Crippen LogP contribution is 2.32. The van der Waals surface area contributed by atoms with Crippen LogP contribution in [0.5, 0.6) is 0 Å². The Morgan fingerprint density at radius 2 is 2.05 bits per heavy atom. The first-order chi connectivity index (χ1) is 10.6. The Bertz CT molecular complexity index is 1050. The van der Waals surface area contributed by atoms with E-state index in [1.54, 1.807) is 11.5 Å². The molecular weight excluding hydrogens is 274 g/mol. The van der Waals surface area contributed by atoms with Crippen molar-refractivity contribution in [3.8, 4) is 17.5 Å². The first-order valence-electron chi connectivity index (χ1n) is 7.13. The van der Waals surface area contributed by atoms with Gasteiger partial charge in [0, 0.05) is 10.9 Å². The molecule has 0 saturated heterocycles. The summed E-state index contributed by atoms with van der Waals surface area (Å²) in [7, 11) is 0. The van der Waals surface area contributed by atoms with Crippen molar-refractivity contribution in [2.45, 2.75) is 20.4 Å². The predicted octanol–water partition coefficient (Wildman–Crippen LogP) is 2.91. The van der Waals surface area contributed by atoms with Gasteiger partial charge in [-0.05, 0) is 43.7 Å². The van der Waals surface area contributed by atoms with Gasteiger partial charge in [0.25, 0.3) is 5.56 Å². The van der Waals surface area contributed by atoms with Crippen molar-refractivity contribution in [3.05, 3.63) is 62.9 Å². The highest BCUT2D eigenvalue weighted by atomic mass is 16.1. The Balaban J connectivity index is 2.05. The maximum atomic E-state index is 12.4. The molecule has 1 aliphatic rings. The van der Waals surface area contributed by atoms with Crippen molar-refractivity contribution in [2.75, 3.05) is 0 Å². The second kappa shape index (κ2) is 4.28. The molecule has 0 atom stereocenters. The Kier molecular flexibility index (Phi) is 2.49. The Morgan fingerprint density at radius 1 is 1.23 bits per heavy atom. The molecular formula is C18H13N3O. The Hall–Kier alpha value is -2.93. The summed E-state index contributed by atoms with van der Waals surface area (Å²) in [6.45, 7) is 4.33. The second-order valence-corrected chi connectivity index (χ2v) is 5.78. The van der Waals surface area contributed by atoms with Crippen molar-refractivity contribution in [1.29, 1.82) is 5.26 Å². The Morgan fingerprint density at radius 3 is 2.82 bits per heavy atom. The first-order valence-corrected chi connectivity index (χ1v) is 7.13. The van der Waals surface area contributed by atoms with E-state index in [1.807, 2.05) is 24.3 Å². The quantitative estimate of drug-likeness (QED) is 0.499. The first kappa shape index (κ1) is 12.8. The molecule has 4 rings (SSSR count). The molecule has 0 bridgehead atoms. The molecule has 1 aromatic carbocycles. The fourth-order valence-electron chi connectivity index (χ4n) is 3.11. The number of nitriles is 1. The van der Waals surface area contributed by atoms with Crippen LogP contribution < -0.4 is 5.56 Å². The summed E-state index contributed by atoms with van der Waals surface area (Å²) in [5.41, 5.74) is 5.49. The molecule has 0 unspecified atom stereocenters. The summed E-state index contributed by atoms with van der Waals surface area (Å²) < 4.78 is 1.65. The van der Waals surface area contributed by atoms with E-state index in [-0.39, 0.29) is 11.1 Å². The minimum Gasteiger partial charge on any atom is -0.301 e. The maximum absolute atomic E-state index is 12.4. The van der Waals surface area contributed by atoms with Crippen LogP contribution in [-0.4, -0.2) is 9.55 Å². The summed E-state index contributed by atoms with van der Waals surface area (Å²) in [6, 6.07) is 12.1. The van der Waals surface area contributed by atoms with Crippen LogP contribution in [0.1, 0.15) is 22.3 Å². The van der Waals surface area contributed by atoms with Crippen LogP contribution >= 0.6 is 0 Å². The third-order valence-electron chi connectivity index (χ3n) is 4.23. The summed E-state index contributed by atoms with van der Waals surface area (Å²) in [5.74, 6) is 0. The van der Waals surface area contributed by atoms with Crippen LogP contribution in [-0.2, 0) is 6.54 Å². The molecule has 106 valence electrons. The lowest BCUT2D eigenvalue weighted by atomic mass is 10.1. The molecule has 0 fully saturated rings. The van der Waals surface area contributed by atoms with Crippen molar-refractivity contribution in [3.63, 3.8) is 0 Å². The average molecular weight is 287 g/mol. The summed E-state index contributed by atoms with van der Waals surface area (Å²) in [6.07, 6.45) is 0. The van der Waals surface area contributed by atoms with Crippen molar-refractivity contribution in [1.82, 2.24) is 9.55 Å². The number of fused-ring (bicyclic) bond motifs is 4. The molecule has 22 heavy (non-hydrogen) atoms. The highest BCUT2D eigenvalue weighted by molar-refractivity contribution is 5.84. The fourth-order valence-corrected chi connectivity index (χ4v) is 3.11. The van der Waals surface area contributed by atoms with Crippen LogP contribution in [0.4, 0.5) is 0 Å². The minimum atomic E-state index is -0.226. The molecule has 2 aromatic heterocycles. The lowest BCUT2D eigenvalue weighted by molar-refractivity contribution is 0.797. The van der Waals surface area contributed by atoms with Gasteiger partial charge in [-0.1, -0.05) is 11.6 Å². The van der Waals surface area contributed by atoms with E-state index in [0.717, 1.165) is 27.9 Å². The number of nitrogens with zero attached hydrogens (tertiary/aromatic N) is 3. The predicted molar refractivity (Wildman–Crippen MR) is 84.7 cm³/mol. The van der Waals surface area contributed by atoms with Crippen LogP contribution in [0.3, 0.4) is 0 Å². The van der Waals surface area contributed by atoms with Crippen LogP contribution in [0.15, 0.2) is 35.1 Å². The lowest BCUT2D eigenvalue weighted by Crippen LogP contribution is -2.22. The van der Waals surface area contributed by atoms with Crippen molar-refractivity contribution in [2.24, 2.45) is 0 Å². The molecule has 0 aliphatic carbocycles. The highest BCUT2D eigenvalue weighted by Gasteiger charge is 2.24. The van der Waals surface area contributed by atoms with E-state index in [0.29, 0.717) is 12.1 Å². The third-order valence-corrected chi connectivity index (χ3v) is 4.23. The molecule has 0 saturated carbocycles. The number of hydrogen-bond acceptors (Lipinski definition) is 3. The molecule has 4 heteroatoms. The zero-order valence-electron chi connectivity index (χ0n) is 12.3. The zero-order valence-corrected chi connectivity index (χ0v) is 12.3. The molecule has 1 aliphatic heterocycles. The average Bonchev–Trinajstić information content (AvgIpc) is 2.83. The maximum Gasteiger partial charge on any atom is 0.269 e. The van der Waals surface area contributed by atoms with Gasteiger partial charge in [0.2, 0.25) is 0 Å². The number of hydrogen-bond donors (Lipinski definition) is 0. The van der Waals surface area contributed by atoms with Gasteiger partial charge in [-0.3, -0.25) is 4.79 Å². The Labute approximate surface area is 127 Å². The summed E-state index contributed by atoms with van der Waals surface area (Å²) in [4.78, 5) is 17.2. The lowest BCUT2D eigenvalue weighted by Gasteiger charge is -2.06. The monoisotopic (exact) mass is 287 g/mol. The molecule has 3 heterocycles. The number of pyridine rings is 2. The number of aryl methyl sites for hydroxylation is 2. The molecule has 3 aromatic rings. The van der Waals surface area contributed by atoms with Crippen LogP contribution in [0, 0.1) is 25.2 Å². The summed E-state index contributed by atoms with van der Waals surface area (Å²) in [5, 5.41) is 10.2. The van der Waals surface area contributed by atoms with Gasteiger partial charge in [-0.25, -0.2) is 4.98 Å². The van der Waals surface area contributed by atoms with Gasteiger partial charge < -0.3 is 4.57 Å². The molecule has 0 amide bonds. The second-order valence-electron chi connectivity index (χ2n) is 5.78. The van der Waals surface area contributed by atoms with Crippen LogP contribution in [0.25, 0.3) is 22.3 Å². The van der Waals surface area contributed by atoms with Gasteiger partial charge in [-0.2, -0.15) is 5.26 Å².